The summed E-state index contributed by atoms with van der Waals surface area (Å²) in [6.07, 6.45) is 1.13. The average molecular weight is 430 g/mol. The molecule has 1 heterocycles. The van der Waals surface area contributed by atoms with Gasteiger partial charge >= 0.3 is 0 Å². The van der Waals surface area contributed by atoms with Crippen molar-refractivity contribution in [1.82, 2.24) is 15.2 Å². The van der Waals surface area contributed by atoms with Crippen molar-refractivity contribution in [2.24, 2.45) is 5.10 Å². The lowest BCUT2D eigenvalue weighted by Gasteiger charge is -2.11. The summed E-state index contributed by atoms with van der Waals surface area (Å²) in [6, 6.07) is 12.9. The maximum absolute atomic E-state index is 12.7. The average Bonchev–Trinajstić information content (AvgIpc) is 2.76. The molecule has 0 spiro atoms. The Labute approximate surface area is 182 Å². The van der Waals surface area contributed by atoms with E-state index in [0.717, 1.165) is 22.0 Å². The third-order valence-corrected chi connectivity index (χ3v) is 4.90. The van der Waals surface area contributed by atoms with Gasteiger partial charge in [0.25, 0.3) is 17.2 Å². The minimum Gasteiger partial charge on any atom is -0.266 e. The van der Waals surface area contributed by atoms with Crippen LogP contribution in [0, 0.1) is 42.2 Å². The molecule has 1 aromatic heterocycles. The molecular weight excluding hydrogens is 412 g/mol. The predicted octanol–water partition coefficient (Wildman–Crippen LogP) is 2.70. The van der Waals surface area contributed by atoms with Crippen LogP contribution in [0.2, 0.25) is 0 Å². The number of nitro benzene ring substituents is 1. The molecule has 0 fully saturated rings. The first-order chi connectivity index (χ1) is 15.2. The van der Waals surface area contributed by atoms with E-state index in [2.05, 4.69) is 15.6 Å². The van der Waals surface area contributed by atoms with Crippen molar-refractivity contribution in [1.29, 1.82) is 5.26 Å². The molecule has 0 bridgehead atoms. The lowest BCUT2D eigenvalue weighted by atomic mass is 10.1. The van der Waals surface area contributed by atoms with Gasteiger partial charge in [0, 0.05) is 11.6 Å². The first kappa shape index (κ1) is 22.0. The molecule has 3 rings (SSSR count). The summed E-state index contributed by atoms with van der Waals surface area (Å²) in [7, 11) is 0. The summed E-state index contributed by atoms with van der Waals surface area (Å²) < 4.78 is 0.999. The normalized spacial score (nSPS) is 10.7. The molecule has 0 radical (unpaired) electrons. The maximum Gasteiger partial charge on any atom is 0.292 e. The second kappa shape index (κ2) is 9.01. The number of para-hydroxylation sites is 1. The Bertz CT molecular complexity index is 1370. The standard InChI is InChI=1S/C22H18N6O4/c1-13-8-9-17(10-14(13)2)27-22(30)18(11-23)15(3)20(26-27)21(29)25-24-12-16-6-4-5-7-19(16)28(31)32/h4-10,12H,1-3H3,(H,25,29)/b24-12+. The van der Waals surface area contributed by atoms with Gasteiger partial charge < -0.3 is 0 Å². The molecule has 1 amide bonds. The Morgan fingerprint density at radius 1 is 1.22 bits per heavy atom. The van der Waals surface area contributed by atoms with Gasteiger partial charge in [-0.15, -0.1) is 0 Å². The number of carbonyl (C=O) groups excluding carboxylic acids is 1. The number of nitriles is 1. The first-order valence-corrected chi connectivity index (χ1v) is 9.43. The zero-order valence-corrected chi connectivity index (χ0v) is 17.5. The predicted molar refractivity (Wildman–Crippen MR) is 117 cm³/mol. The highest BCUT2D eigenvalue weighted by Crippen LogP contribution is 2.16. The van der Waals surface area contributed by atoms with E-state index in [0.29, 0.717) is 5.69 Å². The van der Waals surface area contributed by atoms with Gasteiger partial charge in [-0.2, -0.15) is 20.1 Å². The van der Waals surface area contributed by atoms with E-state index in [-0.39, 0.29) is 28.1 Å². The molecule has 0 saturated heterocycles. The molecule has 1 N–H and O–H groups in total. The van der Waals surface area contributed by atoms with Crippen LogP contribution in [0.1, 0.15) is 38.3 Å². The quantitative estimate of drug-likeness (QED) is 0.374. The van der Waals surface area contributed by atoms with Gasteiger partial charge in [0.1, 0.15) is 11.6 Å². The number of aryl methyl sites for hydroxylation is 2. The number of rotatable bonds is 5. The number of hydrogen-bond acceptors (Lipinski definition) is 7. The number of nitrogens with zero attached hydrogens (tertiary/aromatic N) is 5. The molecule has 3 aromatic rings. The van der Waals surface area contributed by atoms with E-state index in [1.165, 1.54) is 25.1 Å². The van der Waals surface area contributed by atoms with E-state index in [1.807, 2.05) is 26.0 Å². The number of amides is 1. The first-order valence-electron chi connectivity index (χ1n) is 9.43. The molecule has 0 aliphatic carbocycles. The van der Waals surface area contributed by atoms with Crippen LogP contribution in [-0.2, 0) is 0 Å². The summed E-state index contributed by atoms with van der Waals surface area (Å²) in [5.74, 6) is -0.772. The van der Waals surface area contributed by atoms with Gasteiger partial charge in [0.05, 0.1) is 22.4 Å². The van der Waals surface area contributed by atoms with E-state index < -0.39 is 16.4 Å². The van der Waals surface area contributed by atoms with Gasteiger partial charge in [-0.05, 0) is 50.1 Å². The van der Waals surface area contributed by atoms with Gasteiger partial charge in [-0.25, -0.2) is 5.43 Å². The van der Waals surface area contributed by atoms with E-state index in [1.54, 1.807) is 18.2 Å². The fourth-order valence-electron chi connectivity index (χ4n) is 2.96. The Hall–Kier alpha value is -4.65. The van der Waals surface area contributed by atoms with Gasteiger partial charge in [-0.3, -0.25) is 19.7 Å². The summed E-state index contributed by atoms with van der Waals surface area (Å²) in [5.41, 5.74) is 3.68. The fourth-order valence-corrected chi connectivity index (χ4v) is 2.96. The van der Waals surface area contributed by atoms with Crippen LogP contribution >= 0.6 is 0 Å². The number of hydrazone groups is 1. The highest BCUT2D eigenvalue weighted by atomic mass is 16.6. The number of aromatic nitrogens is 2. The molecule has 10 nitrogen and oxygen atoms in total. The summed E-state index contributed by atoms with van der Waals surface area (Å²) in [4.78, 5) is 36.0. The number of hydrogen-bond donors (Lipinski definition) is 1. The van der Waals surface area contributed by atoms with E-state index in [4.69, 9.17) is 0 Å². The SMILES string of the molecule is Cc1ccc(-n2nc(C(=O)N/N=C/c3ccccc3[N+](=O)[O-])c(C)c(C#N)c2=O)cc1C. The number of nitro groups is 1. The van der Waals surface area contributed by atoms with Crippen LogP contribution in [-0.4, -0.2) is 26.8 Å². The number of carbonyl (C=O) groups is 1. The summed E-state index contributed by atoms with van der Waals surface area (Å²) in [5, 5.41) is 28.5. The van der Waals surface area contributed by atoms with Gasteiger partial charge in [-0.1, -0.05) is 18.2 Å². The molecule has 2 aromatic carbocycles. The molecule has 0 aliphatic rings. The minimum absolute atomic E-state index is 0.107. The molecule has 0 aliphatic heterocycles. The van der Waals surface area contributed by atoms with Crippen molar-refractivity contribution in [3.63, 3.8) is 0 Å². The molecule has 10 heteroatoms. The molecular formula is C22H18N6O4. The van der Waals surface area contributed by atoms with Crippen molar-refractivity contribution in [2.45, 2.75) is 20.8 Å². The minimum atomic E-state index is -0.772. The molecule has 160 valence electrons. The highest BCUT2D eigenvalue weighted by molar-refractivity contribution is 5.95. The lowest BCUT2D eigenvalue weighted by molar-refractivity contribution is -0.385. The third-order valence-electron chi connectivity index (χ3n) is 4.90. The molecule has 0 atom stereocenters. The lowest BCUT2D eigenvalue weighted by Crippen LogP contribution is -2.31. The fraction of sp³-hybridized carbons (Fsp3) is 0.136. The van der Waals surface area contributed by atoms with Crippen molar-refractivity contribution in [3.8, 4) is 11.8 Å². The van der Waals surface area contributed by atoms with Crippen LogP contribution in [0.15, 0.2) is 52.4 Å². The summed E-state index contributed by atoms with van der Waals surface area (Å²) in [6.45, 7) is 5.23. The van der Waals surface area contributed by atoms with Crippen molar-refractivity contribution in [2.75, 3.05) is 0 Å². The van der Waals surface area contributed by atoms with Crippen molar-refractivity contribution in [3.05, 3.63) is 96.4 Å². The number of nitrogens with one attached hydrogen (secondary N) is 1. The van der Waals surface area contributed by atoms with Crippen LogP contribution in [0.5, 0.6) is 0 Å². The Kier molecular flexibility index (Phi) is 6.21. The van der Waals surface area contributed by atoms with Gasteiger partial charge in [0.15, 0.2) is 5.69 Å². The molecule has 0 unspecified atom stereocenters. The highest BCUT2D eigenvalue weighted by Gasteiger charge is 2.20. The molecule has 32 heavy (non-hydrogen) atoms. The van der Waals surface area contributed by atoms with Crippen molar-refractivity contribution >= 4 is 17.8 Å². The van der Waals surface area contributed by atoms with Crippen LogP contribution in [0.25, 0.3) is 5.69 Å². The topological polar surface area (TPSA) is 143 Å². The van der Waals surface area contributed by atoms with E-state index >= 15 is 0 Å². The second-order valence-corrected chi connectivity index (χ2v) is 6.96. The third kappa shape index (κ3) is 4.27. The van der Waals surface area contributed by atoms with Crippen LogP contribution in [0.4, 0.5) is 5.69 Å². The zero-order chi connectivity index (χ0) is 23.4. The van der Waals surface area contributed by atoms with Crippen LogP contribution in [0.3, 0.4) is 0 Å². The van der Waals surface area contributed by atoms with Crippen molar-refractivity contribution < 1.29 is 9.72 Å². The van der Waals surface area contributed by atoms with Gasteiger partial charge in [0.2, 0.25) is 0 Å². The maximum atomic E-state index is 12.7. The second-order valence-electron chi connectivity index (χ2n) is 6.96. The Balaban J connectivity index is 2.00. The zero-order valence-electron chi connectivity index (χ0n) is 17.5. The smallest absolute Gasteiger partial charge is 0.266 e. The monoisotopic (exact) mass is 430 g/mol. The summed E-state index contributed by atoms with van der Waals surface area (Å²) >= 11 is 0. The largest absolute Gasteiger partial charge is 0.292 e. The Morgan fingerprint density at radius 3 is 2.59 bits per heavy atom. The van der Waals surface area contributed by atoms with Crippen LogP contribution < -0.4 is 11.0 Å². The van der Waals surface area contributed by atoms with E-state index in [9.17, 15) is 25.0 Å². The Morgan fingerprint density at radius 2 is 1.94 bits per heavy atom. The number of benzene rings is 2. The molecule has 0 saturated carbocycles.